The molecular formula is C11H11Cl3O4S. The van der Waals surface area contributed by atoms with E-state index in [9.17, 15) is 13.2 Å². The zero-order valence-corrected chi connectivity index (χ0v) is 13.0. The van der Waals surface area contributed by atoms with Crippen LogP contribution in [-0.2, 0) is 19.4 Å². The second kappa shape index (κ2) is 6.31. The first kappa shape index (κ1) is 16.6. The summed E-state index contributed by atoms with van der Waals surface area (Å²) in [5.74, 6) is -1.76. The lowest BCUT2D eigenvalue weighted by molar-refractivity contribution is -0.140. The minimum atomic E-state index is -3.75. The molecule has 0 aliphatic carbocycles. The molecule has 0 spiro atoms. The van der Waals surface area contributed by atoms with Crippen molar-refractivity contribution in [3.8, 4) is 0 Å². The first-order valence-corrected chi connectivity index (χ1v) is 7.90. The number of sulfone groups is 1. The summed E-state index contributed by atoms with van der Waals surface area (Å²) in [5, 5.41) is 0. The highest BCUT2D eigenvalue weighted by atomic mass is 35.6. The quantitative estimate of drug-likeness (QED) is 0.622. The molecule has 4 nitrogen and oxygen atoms in total. The van der Waals surface area contributed by atoms with Crippen LogP contribution < -0.4 is 0 Å². The fourth-order valence-electron chi connectivity index (χ4n) is 1.19. The molecule has 0 aromatic heterocycles. The molecule has 106 valence electrons. The highest BCUT2D eigenvalue weighted by Gasteiger charge is 2.25. The van der Waals surface area contributed by atoms with Crippen molar-refractivity contribution >= 4 is 50.6 Å². The van der Waals surface area contributed by atoms with E-state index in [0.717, 1.165) is 5.56 Å². The van der Waals surface area contributed by atoms with Crippen molar-refractivity contribution in [2.45, 2.75) is 15.6 Å². The molecule has 0 saturated heterocycles. The molecule has 0 unspecified atom stereocenters. The number of aryl methyl sites for hydroxylation is 1. The van der Waals surface area contributed by atoms with Gasteiger partial charge in [0.15, 0.2) is 15.6 Å². The Morgan fingerprint density at radius 1 is 1.21 bits per heavy atom. The first-order valence-electron chi connectivity index (χ1n) is 5.12. The second-order valence-electron chi connectivity index (χ2n) is 3.85. The zero-order valence-electron chi connectivity index (χ0n) is 9.90. The minimum Gasteiger partial charge on any atom is -0.460 e. The van der Waals surface area contributed by atoms with Gasteiger partial charge in [0, 0.05) is 0 Å². The largest absolute Gasteiger partial charge is 0.460 e. The number of carbonyl (C=O) groups excluding carboxylic acids is 1. The summed E-state index contributed by atoms with van der Waals surface area (Å²) in [5.41, 5.74) is 0.915. The molecule has 1 aromatic rings. The molecule has 0 heterocycles. The predicted octanol–water partition coefficient (Wildman–Crippen LogP) is 2.68. The van der Waals surface area contributed by atoms with Gasteiger partial charge in [0.1, 0.15) is 6.61 Å². The van der Waals surface area contributed by atoms with Crippen molar-refractivity contribution < 1.29 is 17.9 Å². The van der Waals surface area contributed by atoms with Crippen LogP contribution in [0.25, 0.3) is 0 Å². The van der Waals surface area contributed by atoms with Gasteiger partial charge in [-0.05, 0) is 19.1 Å². The third kappa shape index (κ3) is 5.99. The number of esters is 1. The third-order valence-corrected chi connectivity index (χ3v) is 4.02. The van der Waals surface area contributed by atoms with E-state index in [-0.39, 0.29) is 4.90 Å². The lowest BCUT2D eigenvalue weighted by Gasteiger charge is -2.11. The van der Waals surface area contributed by atoms with Gasteiger partial charge in [-0.25, -0.2) is 8.42 Å². The Bertz CT molecular complexity index is 546. The molecule has 1 rings (SSSR count). The molecule has 19 heavy (non-hydrogen) atoms. The molecule has 0 saturated carbocycles. The average Bonchev–Trinajstić information content (AvgIpc) is 2.25. The van der Waals surface area contributed by atoms with Crippen LogP contribution in [0.4, 0.5) is 0 Å². The molecular weight excluding hydrogens is 335 g/mol. The van der Waals surface area contributed by atoms with Crippen molar-refractivity contribution in [3.63, 3.8) is 0 Å². The fourth-order valence-corrected chi connectivity index (χ4v) is 2.46. The number of alkyl halides is 3. The number of halogens is 3. The summed E-state index contributed by atoms with van der Waals surface area (Å²) in [6.07, 6.45) is 0. The zero-order chi connectivity index (χ0) is 14.7. The van der Waals surface area contributed by atoms with E-state index < -0.39 is 32.0 Å². The topological polar surface area (TPSA) is 60.4 Å². The lowest BCUT2D eigenvalue weighted by atomic mass is 10.2. The van der Waals surface area contributed by atoms with E-state index in [0.29, 0.717) is 0 Å². The maximum Gasteiger partial charge on any atom is 0.321 e. The van der Waals surface area contributed by atoms with Crippen molar-refractivity contribution in [1.29, 1.82) is 0 Å². The van der Waals surface area contributed by atoms with Crippen molar-refractivity contribution in [1.82, 2.24) is 0 Å². The summed E-state index contributed by atoms with van der Waals surface area (Å²) in [7, 11) is -3.75. The van der Waals surface area contributed by atoms with E-state index in [1.807, 2.05) is 6.92 Å². The van der Waals surface area contributed by atoms with Gasteiger partial charge in [0.25, 0.3) is 0 Å². The van der Waals surface area contributed by atoms with E-state index in [1.54, 1.807) is 12.1 Å². The van der Waals surface area contributed by atoms with Crippen LogP contribution in [0.3, 0.4) is 0 Å². The number of hydrogen-bond acceptors (Lipinski definition) is 4. The van der Waals surface area contributed by atoms with Gasteiger partial charge >= 0.3 is 5.97 Å². The number of rotatable bonds is 4. The van der Waals surface area contributed by atoms with E-state index >= 15 is 0 Å². The smallest absolute Gasteiger partial charge is 0.321 e. The van der Waals surface area contributed by atoms with Crippen LogP contribution in [0.2, 0.25) is 0 Å². The second-order valence-corrected chi connectivity index (χ2v) is 8.35. The van der Waals surface area contributed by atoms with E-state index in [1.165, 1.54) is 12.1 Å². The first-order chi connectivity index (χ1) is 8.60. The highest BCUT2D eigenvalue weighted by molar-refractivity contribution is 7.92. The molecule has 1 aromatic carbocycles. The highest BCUT2D eigenvalue weighted by Crippen LogP contribution is 2.26. The monoisotopic (exact) mass is 344 g/mol. The Kier molecular flexibility index (Phi) is 5.50. The Morgan fingerprint density at radius 2 is 1.74 bits per heavy atom. The molecule has 0 aliphatic rings. The fraction of sp³-hybridized carbons (Fsp3) is 0.364. The molecule has 0 atom stereocenters. The number of carbonyl (C=O) groups is 1. The molecule has 0 radical (unpaired) electrons. The van der Waals surface area contributed by atoms with E-state index in [2.05, 4.69) is 4.74 Å². The number of ether oxygens (including phenoxy) is 1. The number of benzene rings is 1. The van der Waals surface area contributed by atoms with Crippen LogP contribution in [0.5, 0.6) is 0 Å². The predicted molar refractivity (Wildman–Crippen MR) is 74.5 cm³/mol. The van der Waals surface area contributed by atoms with Crippen LogP contribution in [-0.4, -0.2) is 30.5 Å². The Balaban J connectivity index is 2.70. The molecule has 0 fully saturated rings. The van der Waals surface area contributed by atoms with Gasteiger partial charge in [-0.3, -0.25) is 4.79 Å². The van der Waals surface area contributed by atoms with Crippen LogP contribution >= 0.6 is 34.8 Å². The number of hydrogen-bond donors (Lipinski definition) is 0. The summed E-state index contributed by atoms with van der Waals surface area (Å²) >= 11 is 16.2. The molecule has 0 bridgehead atoms. The van der Waals surface area contributed by atoms with Gasteiger partial charge in [-0.2, -0.15) is 0 Å². The van der Waals surface area contributed by atoms with Gasteiger partial charge in [-0.1, -0.05) is 52.5 Å². The van der Waals surface area contributed by atoms with E-state index in [4.69, 9.17) is 34.8 Å². The van der Waals surface area contributed by atoms with Gasteiger partial charge in [0.05, 0.1) is 4.90 Å². The van der Waals surface area contributed by atoms with Crippen LogP contribution in [0.1, 0.15) is 5.56 Å². The van der Waals surface area contributed by atoms with Gasteiger partial charge in [0.2, 0.25) is 3.79 Å². The van der Waals surface area contributed by atoms with Crippen molar-refractivity contribution in [2.75, 3.05) is 12.4 Å². The minimum absolute atomic E-state index is 0.0453. The average molecular weight is 346 g/mol. The van der Waals surface area contributed by atoms with Gasteiger partial charge < -0.3 is 4.74 Å². The van der Waals surface area contributed by atoms with Gasteiger partial charge in [-0.15, -0.1) is 0 Å². The third-order valence-electron chi connectivity index (χ3n) is 2.08. The van der Waals surface area contributed by atoms with Crippen LogP contribution in [0, 0.1) is 6.92 Å². The summed E-state index contributed by atoms with van der Waals surface area (Å²) in [4.78, 5) is 11.4. The van der Waals surface area contributed by atoms with Crippen molar-refractivity contribution in [3.05, 3.63) is 29.8 Å². The molecule has 0 amide bonds. The normalized spacial score (nSPS) is 12.2. The Morgan fingerprint density at radius 3 is 2.21 bits per heavy atom. The SMILES string of the molecule is Cc1ccc(S(=O)(=O)CC(=O)OCC(Cl)(Cl)Cl)cc1. The standard InChI is InChI=1S/C11H11Cl3O4S/c1-8-2-4-9(5-3-8)19(16,17)6-10(15)18-7-11(12,13)14/h2-5H,6-7H2,1H3. The Labute approximate surface area is 126 Å². The lowest BCUT2D eigenvalue weighted by Crippen LogP contribution is -2.23. The molecule has 0 N–H and O–H groups in total. The maximum absolute atomic E-state index is 11.9. The molecule has 8 heteroatoms. The van der Waals surface area contributed by atoms with Crippen molar-refractivity contribution in [2.24, 2.45) is 0 Å². The maximum atomic E-state index is 11.9. The summed E-state index contributed by atoms with van der Waals surface area (Å²) in [6, 6.07) is 6.12. The summed E-state index contributed by atoms with van der Waals surface area (Å²) < 4.78 is 26.6. The van der Waals surface area contributed by atoms with Crippen LogP contribution in [0.15, 0.2) is 29.2 Å². The molecule has 0 aliphatic heterocycles. The summed E-state index contributed by atoms with van der Waals surface area (Å²) in [6.45, 7) is 1.32. The Hall–Kier alpha value is -0.490.